The zero-order chi connectivity index (χ0) is 17.9. The highest BCUT2D eigenvalue weighted by atomic mass is 19.4. The van der Waals surface area contributed by atoms with E-state index < -0.39 is 18.7 Å². The number of nitrogens with zero attached hydrogens (tertiary/aromatic N) is 4. The Morgan fingerprint density at radius 3 is 2.52 bits per heavy atom. The van der Waals surface area contributed by atoms with Gasteiger partial charge in [-0.05, 0) is 25.1 Å². The van der Waals surface area contributed by atoms with Gasteiger partial charge < -0.3 is 10.0 Å². The van der Waals surface area contributed by atoms with E-state index in [0.29, 0.717) is 19.6 Å². The molecule has 1 N–H and O–H groups in total. The molecule has 0 unspecified atom stereocenters. The molecule has 0 spiro atoms. The van der Waals surface area contributed by atoms with Gasteiger partial charge in [0.15, 0.2) is 0 Å². The van der Waals surface area contributed by atoms with Crippen molar-refractivity contribution in [1.82, 2.24) is 14.8 Å². The summed E-state index contributed by atoms with van der Waals surface area (Å²) in [7, 11) is 0. The monoisotopic (exact) mass is 358 g/mol. The van der Waals surface area contributed by atoms with Crippen molar-refractivity contribution in [3.8, 4) is 0 Å². The van der Waals surface area contributed by atoms with E-state index in [1.54, 1.807) is 6.20 Å². The molecule has 3 rings (SSSR count). The third-order valence-electron chi connectivity index (χ3n) is 5.03. The molecule has 1 aromatic heterocycles. The number of likely N-dealkylation sites (tertiary alicyclic amines) is 1. The smallest absolute Gasteiger partial charge is 0.389 e. The molecule has 0 bridgehead atoms. The minimum atomic E-state index is -4.10. The van der Waals surface area contributed by atoms with Gasteiger partial charge in [-0.25, -0.2) is 4.98 Å². The van der Waals surface area contributed by atoms with Gasteiger partial charge in [0.2, 0.25) is 0 Å². The van der Waals surface area contributed by atoms with Crippen LogP contribution in [0, 0.1) is 0 Å². The van der Waals surface area contributed by atoms with Crippen LogP contribution in [0.1, 0.15) is 12.8 Å². The van der Waals surface area contributed by atoms with Crippen molar-refractivity contribution < 1.29 is 18.3 Å². The van der Waals surface area contributed by atoms with Gasteiger partial charge in [0.25, 0.3) is 0 Å². The summed E-state index contributed by atoms with van der Waals surface area (Å²) in [6.07, 6.45) is -3.48. The van der Waals surface area contributed by atoms with Crippen LogP contribution in [0.15, 0.2) is 24.4 Å². The number of piperazine rings is 1. The van der Waals surface area contributed by atoms with Gasteiger partial charge in [0, 0.05) is 57.9 Å². The summed E-state index contributed by atoms with van der Waals surface area (Å²) in [4.78, 5) is 10.8. The van der Waals surface area contributed by atoms with E-state index in [4.69, 9.17) is 0 Å². The number of alkyl halides is 3. The molecule has 140 valence electrons. The van der Waals surface area contributed by atoms with Crippen LogP contribution in [0.25, 0.3) is 0 Å². The summed E-state index contributed by atoms with van der Waals surface area (Å²) >= 11 is 0. The Hall–Kier alpha value is -1.38. The lowest BCUT2D eigenvalue weighted by Crippen LogP contribution is -2.54. The molecule has 2 atom stereocenters. The first-order chi connectivity index (χ1) is 11.9. The van der Waals surface area contributed by atoms with E-state index in [2.05, 4.69) is 14.8 Å². The lowest BCUT2D eigenvalue weighted by atomic mass is 10.1. The molecular formula is C17H25F3N4O. The Balaban J connectivity index is 1.45. The number of rotatable bonds is 5. The standard InChI is InChI=1S/C17H25F3N4O/c18-17(19,20)5-3-7-22-12-14(15(25)13-22)23-8-10-24(11-9-23)16-4-1-2-6-21-16/h1-2,4,6,14-15,25H,3,5,7-13H2/t14-,15-/m1/s1. The van der Waals surface area contributed by atoms with Crippen molar-refractivity contribution in [2.24, 2.45) is 0 Å². The molecule has 8 heteroatoms. The lowest BCUT2D eigenvalue weighted by molar-refractivity contribution is -0.136. The zero-order valence-electron chi connectivity index (χ0n) is 14.2. The number of aliphatic hydroxyl groups is 1. The fourth-order valence-corrected chi connectivity index (χ4v) is 3.71. The summed E-state index contributed by atoms with van der Waals surface area (Å²) in [6.45, 7) is 4.83. The van der Waals surface area contributed by atoms with Crippen LogP contribution in [-0.2, 0) is 0 Å². The van der Waals surface area contributed by atoms with Gasteiger partial charge in [-0.15, -0.1) is 0 Å². The number of aromatic nitrogens is 1. The first kappa shape index (κ1) is 18.4. The number of pyridine rings is 1. The maximum Gasteiger partial charge on any atom is 0.389 e. The van der Waals surface area contributed by atoms with Crippen LogP contribution in [0.4, 0.5) is 19.0 Å². The number of hydrogen-bond acceptors (Lipinski definition) is 5. The predicted octanol–water partition coefficient (Wildman–Crippen LogP) is 1.59. The SMILES string of the molecule is O[C@@H]1CN(CCCC(F)(F)F)C[C@H]1N1CCN(c2ccccn2)CC1. The number of β-amino-alcohol motifs (C(OH)–C–C–N with tert-alkyl or cyclic N) is 1. The highest BCUT2D eigenvalue weighted by Gasteiger charge is 2.37. The minimum absolute atomic E-state index is 0.0109. The molecule has 3 heterocycles. The van der Waals surface area contributed by atoms with Crippen molar-refractivity contribution in [3.05, 3.63) is 24.4 Å². The van der Waals surface area contributed by atoms with E-state index in [-0.39, 0.29) is 12.5 Å². The van der Waals surface area contributed by atoms with Gasteiger partial charge in [-0.2, -0.15) is 13.2 Å². The fraction of sp³-hybridized carbons (Fsp3) is 0.706. The Bertz CT molecular complexity index is 534. The molecule has 2 saturated heterocycles. The Labute approximate surface area is 146 Å². The Morgan fingerprint density at radius 1 is 1.12 bits per heavy atom. The molecule has 0 radical (unpaired) electrons. The first-order valence-electron chi connectivity index (χ1n) is 8.79. The third-order valence-corrected chi connectivity index (χ3v) is 5.03. The molecule has 0 amide bonds. The van der Waals surface area contributed by atoms with Crippen molar-refractivity contribution in [1.29, 1.82) is 0 Å². The number of aliphatic hydroxyl groups excluding tert-OH is 1. The maximum absolute atomic E-state index is 12.3. The number of anilines is 1. The quantitative estimate of drug-likeness (QED) is 0.866. The van der Waals surface area contributed by atoms with E-state index in [1.807, 2.05) is 23.1 Å². The highest BCUT2D eigenvalue weighted by Crippen LogP contribution is 2.24. The molecular weight excluding hydrogens is 333 g/mol. The van der Waals surface area contributed by atoms with Crippen LogP contribution < -0.4 is 4.90 Å². The minimum Gasteiger partial charge on any atom is -0.390 e. The topological polar surface area (TPSA) is 42.8 Å². The fourth-order valence-electron chi connectivity index (χ4n) is 3.71. The van der Waals surface area contributed by atoms with Crippen LogP contribution >= 0.6 is 0 Å². The molecule has 0 aliphatic carbocycles. The second-order valence-electron chi connectivity index (χ2n) is 6.82. The molecule has 0 saturated carbocycles. The zero-order valence-corrected chi connectivity index (χ0v) is 14.2. The summed E-state index contributed by atoms with van der Waals surface area (Å²) in [5, 5.41) is 10.3. The summed E-state index contributed by atoms with van der Waals surface area (Å²) in [5.41, 5.74) is 0. The molecule has 1 aromatic rings. The maximum atomic E-state index is 12.3. The average Bonchev–Trinajstić information content (AvgIpc) is 2.95. The van der Waals surface area contributed by atoms with Gasteiger partial charge in [-0.1, -0.05) is 6.07 Å². The number of halogens is 3. The molecule has 0 aromatic carbocycles. The number of hydrogen-bond donors (Lipinski definition) is 1. The van der Waals surface area contributed by atoms with Crippen molar-refractivity contribution in [2.75, 3.05) is 50.7 Å². The van der Waals surface area contributed by atoms with Crippen LogP contribution in [0.2, 0.25) is 0 Å². The Morgan fingerprint density at radius 2 is 1.88 bits per heavy atom. The van der Waals surface area contributed by atoms with E-state index in [9.17, 15) is 18.3 Å². The highest BCUT2D eigenvalue weighted by molar-refractivity contribution is 5.38. The Kier molecular flexibility index (Phi) is 5.81. The molecule has 2 aliphatic heterocycles. The average molecular weight is 358 g/mol. The van der Waals surface area contributed by atoms with Crippen molar-refractivity contribution >= 4 is 5.82 Å². The second kappa shape index (κ2) is 7.88. The van der Waals surface area contributed by atoms with Gasteiger partial charge >= 0.3 is 6.18 Å². The molecule has 25 heavy (non-hydrogen) atoms. The molecule has 2 fully saturated rings. The normalized spacial score (nSPS) is 26.3. The van der Waals surface area contributed by atoms with Crippen molar-refractivity contribution in [2.45, 2.75) is 31.2 Å². The van der Waals surface area contributed by atoms with Gasteiger partial charge in [0.05, 0.1) is 6.10 Å². The molecule has 5 nitrogen and oxygen atoms in total. The third kappa shape index (κ3) is 5.05. The lowest BCUT2D eigenvalue weighted by Gasteiger charge is -2.39. The van der Waals surface area contributed by atoms with E-state index >= 15 is 0 Å². The predicted molar refractivity (Wildman–Crippen MR) is 89.5 cm³/mol. The first-order valence-corrected chi connectivity index (χ1v) is 8.79. The molecule has 2 aliphatic rings. The van der Waals surface area contributed by atoms with Crippen molar-refractivity contribution in [3.63, 3.8) is 0 Å². The van der Waals surface area contributed by atoms with Crippen LogP contribution in [0.5, 0.6) is 0 Å². The van der Waals surface area contributed by atoms with Gasteiger partial charge in [-0.3, -0.25) is 9.80 Å². The van der Waals surface area contributed by atoms with Crippen LogP contribution in [-0.4, -0.2) is 84.0 Å². The van der Waals surface area contributed by atoms with E-state index in [1.165, 1.54) is 0 Å². The van der Waals surface area contributed by atoms with Gasteiger partial charge in [0.1, 0.15) is 5.82 Å². The summed E-state index contributed by atoms with van der Waals surface area (Å²) < 4.78 is 36.8. The van der Waals surface area contributed by atoms with Crippen LogP contribution in [0.3, 0.4) is 0 Å². The largest absolute Gasteiger partial charge is 0.390 e. The summed E-state index contributed by atoms with van der Waals surface area (Å²) in [6, 6.07) is 5.86. The summed E-state index contributed by atoms with van der Waals surface area (Å²) in [5.74, 6) is 0.961. The second-order valence-corrected chi connectivity index (χ2v) is 6.82. The van der Waals surface area contributed by atoms with E-state index in [0.717, 1.165) is 32.0 Å².